The van der Waals surface area contributed by atoms with Gasteiger partial charge in [0.25, 0.3) is 0 Å². The lowest BCUT2D eigenvalue weighted by atomic mass is 9.43. The van der Waals surface area contributed by atoms with Crippen LogP contribution in [0.3, 0.4) is 0 Å². The van der Waals surface area contributed by atoms with Crippen molar-refractivity contribution >= 4 is 11.6 Å². The summed E-state index contributed by atoms with van der Waals surface area (Å²) >= 11 is 6.05. The monoisotopic (exact) mass is 409 g/mol. The lowest BCUT2D eigenvalue weighted by molar-refractivity contribution is -0.118. The van der Waals surface area contributed by atoms with Crippen molar-refractivity contribution in [3.8, 4) is 5.75 Å². The van der Waals surface area contributed by atoms with Gasteiger partial charge >= 0.3 is 0 Å². The van der Waals surface area contributed by atoms with Gasteiger partial charge < -0.3 is 10.1 Å². The summed E-state index contributed by atoms with van der Waals surface area (Å²) in [6.45, 7) is 6.57. The summed E-state index contributed by atoms with van der Waals surface area (Å²) in [7, 11) is 0. The first-order valence-electron chi connectivity index (χ1n) is 11.0. The molecule has 2 aromatic rings. The molecular formula is C26H32ClNO. The molecule has 0 aromatic heterocycles. The van der Waals surface area contributed by atoms with Crippen LogP contribution in [0.1, 0.15) is 63.5 Å². The quantitative estimate of drug-likeness (QED) is 0.569. The summed E-state index contributed by atoms with van der Waals surface area (Å²) in [6.07, 6.45) is 8.41. The van der Waals surface area contributed by atoms with Gasteiger partial charge in [0.2, 0.25) is 0 Å². The second kappa shape index (κ2) is 7.03. The summed E-state index contributed by atoms with van der Waals surface area (Å²) in [4.78, 5) is 0. The van der Waals surface area contributed by atoms with Gasteiger partial charge in [-0.05, 0) is 90.7 Å². The van der Waals surface area contributed by atoms with E-state index in [4.69, 9.17) is 16.3 Å². The van der Waals surface area contributed by atoms with Crippen LogP contribution < -0.4 is 10.1 Å². The van der Waals surface area contributed by atoms with Crippen LogP contribution in [-0.2, 0) is 13.2 Å². The molecule has 2 nitrogen and oxygen atoms in total. The zero-order valence-electron chi connectivity index (χ0n) is 17.6. The molecule has 4 bridgehead atoms. The Kier molecular flexibility index (Phi) is 4.71. The number of hydrogen-bond acceptors (Lipinski definition) is 2. The van der Waals surface area contributed by atoms with Crippen LogP contribution >= 0.6 is 11.6 Å². The van der Waals surface area contributed by atoms with E-state index in [0.29, 0.717) is 23.0 Å². The van der Waals surface area contributed by atoms with Crippen molar-refractivity contribution in [1.82, 2.24) is 5.32 Å². The highest BCUT2D eigenvalue weighted by molar-refractivity contribution is 6.30. The molecular weight excluding hydrogens is 378 g/mol. The molecule has 3 heteroatoms. The minimum atomic E-state index is 0.352. The second-order valence-corrected chi connectivity index (χ2v) is 11.3. The fraction of sp³-hybridized carbons (Fsp3) is 0.538. The van der Waals surface area contributed by atoms with Gasteiger partial charge in [0.1, 0.15) is 12.4 Å². The average Bonchev–Trinajstić information content (AvgIpc) is 2.63. The summed E-state index contributed by atoms with van der Waals surface area (Å²) in [5, 5.41) is 4.77. The third kappa shape index (κ3) is 4.07. The summed E-state index contributed by atoms with van der Waals surface area (Å²) in [6, 6.07) is 16.4. The van der Waals surface area contributed by atoms with E-state index in [-0.39, 0.29) is 0 Å². The van der Waals surface area contributed by atoms with Gasteiger partial charge in [0, 0.05) is 17.1 Å². The molecule has 29 heavy (non-hydrogen) atoms. The van der Waals surface area contributed by atoms with Crippen LogP contribution in [0.5, 0.6) is 5.75 Å². The average molecular weight is 410 g/mol. The van der Waals surface area contributed by atoms with Gasteiger partial charge in [-0.2, -0.15) is 0 Å². The maximum atomic E-state index is 6.05. The highest BCUT2D eigenvalue weighted by atomic mass is 35.5. The zero-order valence-corrected chi connectivity index (χ0v) is 18.4. The minimum Gasteiger partial charge on any atom is -0.489 e. The maximum Gasteiger partial charge on any atom is 0.119 e. The fourth-order valence-corrected chi connectivity index (χ4v) is 7.64. The molecule has 154 valence electrons. The molecule has 4 atom stereocenters. The number of ether oxygens (including phenoxy) is 1. The molecule has 2 unspecified atom stereocenters. The van der Waals surface area contributed by atoms with Crippen LogP contribution in [0.2, 0.25) is 5.02 Å². The largest absolute Gasteiger partial charge is 0.489 e. The molecule has 6 rings (SSSR count). The Bertz CT molecular complexity index is 874. The topological polar surface area (TPSA) is 21.3 Å². The SMILES string of the molecule is C[C@]12CC3CC(NCc4ccc(OCc5cccc(Cl)c5)cc4)(C1)C[C@@](C)(C3)C2. The van der Waals surface area contributed by atoms with Crippen LogP contribution in [0, 0.1) is 16.7 Å². The summed E-state index contributed by atoms with van der Waals surface area (Å²) in [5.41, 5.74) is 3.89. The van der Waals surface area contributed by atoms with Gasteiger partial charge in [-0.1, -0.05) is 49.7 Å². The lowest BCUT2D eigenvalue weighted by Crippen LogP contribution is -2.63. The molecule has 2 aromatic carbocycles. The molecule has 0 radical (unpaired) electrons. The lowest BCUT2D eigenvalue weighted by Gasteiger charge is -2.65. The summed E-state index contributed by atoms with van der Waals surface area (Å²) in [5.74, 6) is 1.83. The molecule has 4 aliphatic carbocycles. The van der Waals surface area contributed by atoms with Crippen LogP contribution in [0.4, 0.5) is 0 Å². The normalized spacial score (nSPS) is 35.1. The summed E-state index contributed by atoms with van der Waals surface area (Å²) < 4.78 is 5.93. The van der Waals surface area contributed by atoms with E-state index >= 15 is 0 Å². The molecule has 4 aliphatic rings. The molecule has 1 N–H and O–H groups in total. The van der Waals surface area contributed by atoms with Gasteiger partial charge in [-0.25, -0.2) is 0 Å². The highest BCUT2D eigenvalue weighted by Gasteiger charge is 2.59. The van der Waals surface area contributed by atoms with Crippen molar-refractivity contribution in [2.45, 2.75) is 71.1 Å². The number of benzene rings is 2. The Balaban J connectivity index is 1.20. The first-order valence-corrected chi connectivity index (χ1v) is 11.4. The maximum absolute atomic E-state index is 6.05. The van der Waals surface area contributed by atoms with Crippen molar-refractivity contribution in [2.24, 2.45) is 16.7 Å². The van der Waals surface area contributed by atoms with Crippen molar-refractivity contribution in [3.05, 3.63) is 64.7 Å². The Labute approximate surface area is 180 Å². The number of halogens is 1. The van der Waals surface area contributed by atoms with Gasteiger partial charge in [-0.3, -0.25) is 0 Å². The molecule has 4 saturated carbocycles. The molecule has 0 spiro atoms. The van der Waals surface area contributed by atoms with Crippen molar-refractivity contribution < 1.29 is 4.74 Å². The first-order chi connectivity index (χ1) is 13.8. The molecule has 0 saturated heterocycles. The predicted molar refractivity (Wildman–Crippen MR) is 119 cm³/mol. The Morgan fingerprint density at radius 1 is 0.931 bits per heavy atom. The number of nitrogens with one attached hydrogen (secondary N) is 1. The Morgan fingerprint density at radius 3 is 2.31 bits per heavy atom. The number of rotatable bonds is 6. The highest BCUT2D eigenvalue weighted by Crippen LogP contribution is 2.66. The van der Waals surface area contributed by atoms with Crippen molar-refractivity contribution in [3.63, 3.8) is 0 Å². The molecule has 0 aliphatic heterocycles. The molecule has 0 amide bonds. The van der Waals surface area contributed by atoms with Crippen LogP contribution in [0.25, 0.3) is 0 Å². The predicted octanol–water partition coefficient (Wildman–Crippen LogP) is 6.76. The van der Waals surface area contributed by atoms with E-state index in [1.165, 1.54) is 44.1 Å². The van der Waals surface area contributed by atoms with E-state index in [1.807, 2.05) is 24.3 Å². The minimum absolute atomic E-state index is 0.352. The molecule has 4 fully saturated rings. The first kappa shape index (κ1) is 19.5. The number of hydrogen-bond donors (Lipinski definition) is 1. The zero-order chi connectivity index (χ0) is 20.1. The fourth-order valence-electron chi connectivity index (χ4n) is 7.43. The van der Waals surface area contributed by atoms with Crippen LogP contribution in [0.15, 0.2) is 48.5 Å². The van der Waals surface area contributed by atoms with Gasteiger partial charge in [0.15, 0.2) is 0 Å². The van der Waals surface area contributed by atoms with E-state index < -0.39 is 0 Å². The van der Waals surface area contributed by atoms with Gasteiger partial charge in [-0.15, -0.1) is 0 Å². The van der Waals surface area contributed by atoms with E-state index in [0.717, 1.165) is 28.8 Å². The third-order valence-electron chi connectivity index (χ3n) is 7.51. The Morgan fingerprint density at radius 2 is 1.66 bits per heavy atom. The van der Waals surface area contributed by atoms with Gasteiger partial charge in [0.05, 0.1) is 0 Å². The van der Waals surface area contributed by atoms with Crippen LogP contribution in [-0.4, -0.2) is 5.54 Å². The standard InChI is InChI=1S/C26H32ClNO/c1-24-11-21-12-25(2,16-24)18-26(13-21,17-24)28-14-19-6-8-23(9-7-19)29-15-20-4-3-5-22(27)10-20/h3-10,21,28H,11-18H2,1-2H3/t21?,24-,25+,26?. The smallest absolute Gasteiger partial charge is 0.119 e. The van der Waals surface area contributed by atoms with E-state index in [9.17, 15) is 0 Å². The second-order valence-electron chi connectivity index (χ2n) is 10.8. The molecule has 0 heterocycles. The van der Waals surface area contributed by atoms with Crippen molar-refractivity contribution in [1.29, 1.82) is 0 Å². The van der Waals surface area contributed by atoms with Crippen molar-refractivity contribution in [2.75, 3.05) is 0 Å². The van der Waals surface area contributed by atoms with E-state index in [2.05, 4.69) is 43.4 Å². The Hall–Kier alpha value is -1.51. The van der Waals surface area contributed by atoms with E-state index in [1.54, 1.807) is 0 Å². The third-order valence-corrected chi connectivity index (χ3v) is 7.75.